The van der Waals surface area contributed by atoms with Gasteiger partial charge in [-0.05, 0) is 38.2 Å². The summed E-state index contributed by atoms with van der Waals surface area (Å²) < 4.78 is 0. The van der Waals surface area contributed by atoms with Gasteiger partial charge in [0.2, 0.25) is 0 Å². The molecule has 5 heteroatoms. The van der Waals surface area contributed by atoms with Gasteiger partial charge in [0.1, 0.15) is 0 Å². The van der Waals surface area contributed by atoms with E-state index in [1.807, 2.05) is 12.1 Å². The molecule has 1 aromatic rings. The molecular weight excluding hydrogens is 242 g/mol. The molecule has 0 saturated heterocycles. The maximum atomic E-state index is 10.9. The van der Waals surface area contributed by atoms with Gasteiger partial charge >= 0.3 is 0 Å². The summed E-state index contributed by atoms with van der Waals surface area (Å²) in [4.78, 5) is 10.6. The monoisotopic (exact) mass is 263 g/mol. The van der Waals surface area contributed by atoms with Crippen LogP contribution in [0.3, 0.4) is 0 Å². The van der Waals surface area contributed by atoms with Crippen molar-refractivity contribution in [1.82, 2.24) is 5.32 Å². The lowest BCUT2D eigenvalue weighted by molar-refractivity contribution is -0.385. The Labute approximate surface area is 113 Å². The molecule has 0 radical (unpaired) electrons. The number of nitro benzene ring substituents is 1. The van der Waals surface area contributed by atoms with E-state index >= 15 is 0 Å². The third kappa shape index (κ3) is 3.75. The molecule has 2 rings (SSSR count). The highest BCUT2D eigenvalue weighted by molar-refractivity contribution is 5.42. The lowest BCUT2D eigenvalue weighted by atomic mass is 9.92. The molecule has 104 valence electrons. The number of benzene rings is 1. The Hall–Kier alpha value is -1.46. The first-order chi connectivity index (χ1) is 9.06. The third-order valence-corrected chi connectivity index (χ3v) is 3.84. The fourth-order valence-corrected chi connectivity index (χ4v) is 2.55. The van der Waals surface area contributed by atoms with E-state index in [0.29, 0.717) is 24.2 Å². The minimum Gasteiger partial charge on any atom is -0.328 e. The molecule has 0 unspecified atom stereocenters. The lowest BCUT2D eigenvalue weighted by Gasteiger charge is -2.26. The van der Waals surface area contributed by atoms with Gasteiger partial charge in [-0.3, -0.25) is 10.1 Å². The summed E-state index contributed by atoms with van der Waals surface area (Å²) >= 11 is 0. The minimum atomic E-state index is -0.321. The van der Waals surface area contributed by atoms with Gasteiger partial charge in [0.25, 0.3) is 5.69 Å². The largest absolute Gasteiger partial charge is 0.328 e. The van der Waals surface area contributed by atoms with E-state index < -0.39 is 0 Å². The number of nitrogens with two attached hydrogens (primary N) is 1. The third-order valence-electron chi connectivity index (χ3n) is 3.84. The van der Waals surface area contributed by atoms with E-state index in [-0.39, 0.29) is 10.6 Å². The van der Waals surface area contributed by atoms with Crippen molar-refractivity contribution in [1.29, 1.82) is 0 Å². The van der Waals surface area contributed by atoms with Crippen LogP contribution in [-0.4, -0.2) is 17.0 Å². The maximum Gasteiger partial charge on any atom is 0.272 e. The zero-order valence-electron chi connectivity index (χ0n) is 11.3. The van der Waals surface area contributed by atoms with E-state index in [0.717, 1.165) is 31.2 Å². The number of nitrogens with zero attached hydrogens (tertiary/aromatic N) is 1. The fraction of sp³-hybridized carbons (Fsp3) is 0.571. The smallest absolute Gasteiger partial charge is 0.272 e. The molecule has 19 heavy (non-hydrogen) atoms. The summed E-state index contributed by atoms with van der Waals surface area (Å²) in [5.74, 6) is 0. The second-order valence-corrected chi connectivity index (χ2v) is 5.37. The van der Waals surface area contributed by atoms with Crippen LogP contribution in [0, 0.1) is 17.0 Å². The number of hydrogen-bond donors (Lipinski definition) is 2. The Bertz CT molecular complexity index is 454. The van der Waals surface area contributed by atoms with Crippen LogP contribution in [0.25, 0.3) is 0 Å². The predicted octanol–water partition coefficient (Wildman–Crippen LogP) is 2.26. The van der Waals surface area contributed by atoms with Crippen molar-refractivity contribution in [2.45, 2.75) is 51.2 Å². The van der Waals surface area contributed by atoms with Gasteiger partial charge in [-0.15, -0.1) is 0 Å². The summed E-state index contributed by atoms with van der Waals surface area (Å²) in [7, 11) is 0. The molecule has 0 heterocycles. The second-order valence-electron chi connectivity index (χ2n) is 5.37. The maximum absolute atomic E-state index is 10.9. The van der Waals surface area contributed by atoms with Crippen molar-refractivity contribution in [3.05, 3.63) is 39.4 Å². The molecule has 5 nitrogen and oxygen atoms in total. The number of rotatable bonds is 4. The zero-order valence-corrected chi connectivity index (χ0v) is 11.3. The number of nitrogens with one attached hydrogen (secondary N) is 1. The number of hydrogen-bond acceptors (Lipinski definition) is 4. The molecule has 1 fully saturated rings. The molecule has 0 atom stereocenters. The van der Waals surface area contributed by atoms with E-state index in [4.69, 9.17) is 5.73 Å². The van der Waals surface area contributed by atoms with Crippen LogP contribution in [0.4, 0.5) is 5.69 Å². The molecular formula is C14H21N3O2. The van der Waals surface area contributed by atoms with E-state index in [9.17, 15) is 10.1 Å². The SMILES string of the molecule is Cc1ccc(CNC2CCC(N)CC2)cc1[N+](=O)[O-]. The van der Waals surface area contributed by atoms with Crippen LogP contribution >= 0.6 is 0 Å². The summed E-state index contributed by atoms with van der Waals surface area (Å²) in [6.45, 7) is 2.44. The normalized spacial score (nSPS) is 23.3. The molecule has 0 amide bonds. The predicted molar refractivity (Wildman–Crippen MR) is 74.9 cm³/mol. The van der Waals surface area contributed by atoms with Crippen LogP contribution < -0.4 is 11.1 Å². The first-order valence-electron chi connectivity index (χ1n) is 6.79. The highest BCUT2D eigenvalue weighted by Crippen LogP contribution is 2.20. The van der Waals surface area contributed by atoms with E-state index in [2.05, 4.69) is 5.32 Å². The van der Waals surface area contributed by atoms with Crippen molar-refractivity contribution in [2.24, 2.45) is 5.73 Å². The Morgan fingerprint density at radius 1 is 1.37 bits per heavy atom. The van der Waals surface area contributed by atoms with Gasteiger partial charge in [0, 0.05) is 30.3 Å². The van der Waals surface area contributed by atoms with E-state index in [1.165, 1.54) is 0 Å². The molecule has 1 aliphatic rings. The van der Waals surface area contributed by atoms with Crippen molar-refractivity contribution in [3.8, 4) is 0 Å². The summed E-state index contributed by atoms with van der Waals surface area (Å²) in [5, 5.41) is 14.4. The first-order valence-corrected chi connectivity index (χ1v) is 6.79. The van der Waals surface area contributed by atoms with Crippen LogP contribution in [0.5, 0.6) is 0 Å². The van der Waals surface area contributed by atoms with Gasteiger partial charge in [-0.1, -0.05) is 12.1 Å². The second kappa shape index (κ2) is 6.12. The minimum absolute atomic E-state index is 0.199. The molecule has 0 aromatic heterocycles. The lowest BCUT2D eigenvalue weighted by Crippen LogP contribution is -2.37. The molecule has 0 aliphatic heterocycles. The van der Waals surface area contributed by atoms with Crippen molar-refractivity contribution < 1.29 is 4.92 Å². The Kier molecular flexibility index (Phi) is 4.50. The van der Waals surface area contributed by atoms with Crippen LogP contribution in [-0.2, 0) is 6.54 Å². The molecule has 1 saturated carbocycles. The molecule has 0 bridgehead atoms. The number of aryl methyl sites for hydroxylation is 1. The summed E-state index contributed by atoms with van der Waals surface area (Å²) in [6, 6.07) is 6.26. The van der Waals surface area contributed by atoms with Gasteiger partial charge in [-0.25, -0.2) is 0 Å². The Morgan fingerprint density at radius 3 is 2.68 bits per heavy atom. The van der Waals surface area contributed by atoms with Crippen molar-refractivity contribution >= 4 is 5.69 Å². The first kappa shape index (κ1) is 14.0. The van der Waals surface area contributed by atoms with Gasteiger partial charge < -0.3 is 11.1 Å². The Morgan fingerprint density at radius 2 is 2.05 bits per heavy atom. The summed E-state index contributed by atoms with van der Waals surface area (Å²) in [6.07, 6.45) is 4.31. The van der Waals surface area contributed by atoms with E-state index in [1.54, 1.807) is 13.0 Å². The average molecular weight is 263 g/mol. The molecule has 3 N–H and O–H groups in total. The van der Waals surface area contributed by atoms with Gasteiger partial charge in [0.05, 0.1) is 4.92 Å². The molecule has 1 aliphatic carbocycles. The zero-order chi connectivity index (χ0) is 13.8. The summed E-state index contributed by atoms with van der Waals surface area (Å²) in [5.41, 5.74) is 7.74. The van der Waals surface area contributed by atoms with Crippen molar-refractivity contribution in [3.63, 3.8) is 0 Å². The molecule has 1 aromatic carbocycles. The average Bonchev–Trinajstić information content (AvgIpc) is 2.39. The number of nitro groups is 1. The highest BCUT2D eigenvalue weighted by Gasteiger charge is 2.18. The van der Waals surface area contributed by atoms with Gasteiger partial charge in [-0.2, -0.15) is 0 Å². The van der Waals surface area contributed by atoms with Crippen LogP contribution in [0.15, 0.2) is 18.2 Å². The highest BCUT2D eigenvalue weighted by atomic mass is 16.6. The van der Waals surface area contributed by atoms with Crippen LogP contribution in [0.1, 0.15) is 36.8 Å². The van der Waals surface area contributed by atoms with Gasteiger partial charge in [0.15, 0.2) is 0 Å². The molecule has 0 spiro atoms. The standard InChI is InChI=1S/C14H21N3O2/c1-10-2-3-11(8-14(10)17(18)19)9-16-13-6-4-12(15)5-7-13/h2-3,8,12-13,16H,4-7,9,15H2,1H3. The van der Waals surface area contributed by atoms with Crippen LogP contribution in [0.2, 0.25) is 0 Å². The van der Waals surface area contributed by atoms with Crippen molar-refractivity contribution in [2.75, 3.05) is 0 Å². The topological polar surface area (TPSA) is 81.2 Å². The fourth-order valence-electron chi connectivity index (χ4n) is 2.55. The quantitative estimate of drug-likeness (QED) is 0.645. The Balaban J connectivity index is 1.92.